The molecule has 162 valence electrons. The van der Waals surface area contributed by atoms with Crippen LogP contribution in [-0.2, 0) is 16.1 Å². The minimum absolute atomic E-state index is 0.0491. The summed E-state index contributed by atoms with van der Waals surface area (Å²) < 4.78 is 13.0. The Morgan fingerprint density at radius 2 is 2.07 bits per heavy atom. The monoisotopic (exact) mass is 433 g/mol. The van der Waals surface area contributed by atoms with Crippen LogP contribution in [0.15, 0.2) is 29.4 Å². The van der Waals surface area contributed by atoms with Crippen molar-refractivity contribution in [3.05, 3.63) is 24.3 Å². The summed E-state index contributed by atoms with van der Waals surface area (Å²) in [5, 5.41) is 14.2. The Balaban J connectivity index is 1.73. The van der Waals surface area contributed by atoms with Crippen molar-refractivity contribution in [2.24, 2.45) is 0 Å². The van der Waals surface area contributed by atoms with E-state index >= 15 is 0 Å². The van der Waals surface area contributed by atoms with E-state index in [2.05, 4.69) is 20.8 Å². The van der Waals surface area contributed by atoms with E-state index in [1.165, 1.54) is 11.8 Å². The summed E-state index contributed by atoms with van der Waals surface area (Å²) in [6, 6.07) is 7.03. The molecule has 0 saturated carbocycles. The molecule has 3 amide bonds. The van der Waals surface area contributed by atoms with E-state index in [0.29, 0.717) is 17.5 Å². The van der Waals surface area contributed by atoms with E-state index in [-0.39, 0.29) is 17.9 Å². The highest BCUT2D eigenvalue weighted by Crippen LogP contribution is 2.27. The molecule has 3 rings (SSSR count). The molecular weight excluding hydrogens is 406 g/mol. The number of hydrogen-bond donors (Lipinski definition) is 2. The average Bonchev–Trinajstić information content (AvgIpc) is 3.36. The van der Waals surface area contributed by atoms with Crippen LogP contribution in [0.2, 0.25) is 0 Å². The number of hydrogen-bond acceptors (Lipinski definition) is 7. The van der Waals surface area contributed by atoms with Gasteiger partial charge in [0.15, 0.2) is 11.0 Å². The molecule has 2 aromatic rings. The Morgan fingerprint density at radius 3 is 2.70 bits per heavy atom. The van der Waals surface area contributed by atoms with Crippen molar-refractivity contribution in [3.63, 3.8) is 0 Å². The number of amides is 3. The van der Waals surface area contributed by atoms with Crippen LogP contribution in [0.4, 0.5) is 4.79 Å². The highest BCUT2D eigenvalue weighted by atomic mass is 32.2. The van der Waals surface area contributed by atoms with E-state index in [9.17, 15) is 9.59 Å². The number of methoxy groups -OCH3 is 1. The Morgan fingerprint density at radius 1 is 1.30 bits per heavy atom. The van der Waals surface area contributed by atoms with Gasteiger partial charge in [0.2, 0.25) is 5.91 Å². The lowest BCUT2D eigenvalue weighted by Gasteiger charge is -2.15. The molecule has 0 aliphatic carbocycles. The summed E-state index contributed by atoms with van der Waals surface area (Å²) in [6.07, 6.45) is 2.09. The Bertz CT molecular complexity index is 863. The Kier molecular flexibility index (Phi) is 7.69. The summed E-state index contributed by atoms with van der Waals surface area (Å²) in [6.45, 7) is 5.01. The van der Waals surface area contributed by atoms with Gasteiger partial charge < -0.3 is 14.8 Å². The third-order valence-corrected chi connectivity index (χ3v) is 5.45. The number of carbonyl (C=O) groups excluding carboxylic acids is 2. The van der Waals surface area contributed by atoms with Crippen molar-refractivity contribution in [1.29, 1.82) is 0 Å². The fraction of sp³-hybridized carbons (Fsp3) is 0.500. The largest absolute Gasteiger partial charge is 0.497 e. The lowest BCUT2D eigenvalue weighted by Crippen LogP contribution is -2.43. The van der Waals surface area contributed by atoms with Crippen molar-refractivity contribution in [2.45, 2.75) is 50.5 Å². The molecule has 2 heterocycles. The number of imide groups is 1. The Labute approximate surface area is 179 Å². The van der Waals surface area contributed by atoms with Crippen LogP contribution < -0.4 is 15.4 Å². The minimum Gasteiger partial charge on any atom is -0.497 e. The fourth-order valence-electron chi connectivity index (χ4n) is 3.10. The molecule has 1 fully saturated rings. The maximum absolute atomic E-state index is 12.1. The zero-order valence-corrected chi connectivity index (χ0v) is 18.2. The van der Waals surface area contributed by atoms with Gasteiger partial charge in [-0.25, -0.2) is 4.79 Å². The van der Waals surface area contributed by atoms with Crippen molar-refractivity contribution in [1.82, 2.24) is 25.4 Å². The fourth-order valence-corrected chi connectivity index (χ4v) is 3.84. The maximum Gasteiger partial charge on any atom is 0.321 e. The first-order chi connectivity index (χ1) is 14.5. The summed E-state index contributed by atoms with van der Waals surface area (Å²) in [7, 11) is 1.62. The zero-order valence-electron chi connectivity index (χ0n) is 17.4. The van der Waals surface area contributed by atoms with Crippen molar-refractivity contribution >= 4 is 23.7 Å². The van der Waals surface area contributed by atoms with E-state index in [4.69, 9.17) is 9.47 Å². The molecule has 2 N–H and O–H groups in total. The average molecular weight is 434 g/mol. The number of thioether (sulfide) groups is 1. The van der Waals surface area contributed by atoms with Gasteiger partial charge in [-0.2, -0.15) is 0 Å². The second-order valence-corrected chi connectivity index (χ2v) is 8.19. The quantitative estimate of drug-likeness (QED) is 0.616. The molecule has 0 spiro atoms. The van der Waals surface area contributed by atoms with Crippen LogP contribution in [0.1, 0.15) is 26.7 Å². The molecule has 1 aliphatic heterocycles. The van der Waals surface area contributed by atoms with Crippen molar-refractivity contribution in [2.75, 3.05) is 19.5 Å². The lowest BCUT2D eigenvalue weighted by molar-refractivity contribution is -0.117. The molecule has 1 saturated heterocycles. The standard InChI is InChI=1S/C20H27N5O4S/c1-13(2)21-19(27)22-17(26)12-30-20-24-23-18(14-6-8-15(28-3)9-7-14)25(20)11-16-5-4-10-29-16/h6-9,13,16H,4-5,10-12H2,1-3H3,(H2,21,22,26,27). The number of aromatic nitrogens is 3. The lowest BCUT2D eigenvalue weighted by atomic mass is 10.2. The molecule has 1 aromatic carbocycles. The van der Waals surface area contributed by atoms with Gasteiger partial charge in [0.1, 0.15) is 5.75 Å². The molecule has 0 radical (unpaired) electrons. The number of benzene rings is 1. The Hall–Kier alpha value is -2.59. The summed E-state index contributed by atoms with van der Waals surface area (Å²) in [5.41, 5.74) is 0.897. The van der Waals surface area contributed by atoms with Gasteiger partial charge in [-0.15, -0.1) is 10.2 Å². The number of carbonyl (C=O) groups is 2. The summed E-state index contributed by atoms with van der Waals surface area (Å²) in [4.78, 5) is 23.8. The molecule has 10 heteroatoms. The SMILES string of the molecule is COc1ccc(-c2nnc(SCC(=O)NC(=O)NC(C)C)n2CC2CCCO2)cc1. The van der Waals surface area contributed by atoms with Gasteiger partial charge in [0.05, 0.1) is 25.5 Å². The van der Waals surface area contributed by atoms with Crippen LogP contribution in [-0.4, -0.2) is 58.3 Å². The number of nitrogens with one attached hydrogen (secondary N) is 2. The van der Waals surface area contributed by atoms with E-state index in [0.717, 1.165) is 30.8 Å². The molecule has 1 aromatic heterocycles. The molecular formula is C20H27N5O4S. The van der Waals surface area contributed by atoms with E-state index < -0.39 is 11.9 Å². The van der Waals surface area contributed by atoms with Gasteiger partial charge in [0, 0.05) is 18.2 Å². The van der Waals surface area contributed by atoms with Crippen molar-refractivity contribution < 1.29 is 19.1 Å². The minimum atomic E-state index is -0.504. The molecule has 1 atom stereocenters. The molecule has 9 nitrogen and oxygen atoms in total. The predicted octanol–water partition coefficient (Wildman–Crippen LogP) is 2.46. The topological polar surface area (TPSA) is 107 Å². The summed E-state index contributed by atoms with van der Waals surface area (Å²) >= 11 is 1.24. The number of urea groups is 1. The van der Waals surface area contributed by atoms with Crippen LogP contribution in [0.3, 0.4) is 0 Å². The van der Waals surface area contributed by atoms with Crippen molar-refractivity contribution in [3.8, 4) is 17.1 Å². The van der Waals surface area contributed by atoms with Crippen LogP contribution >= 0.6 is 11.8 Å². The molecule has 1 unspecified atom stereocenters. The predicted molar refractivity (Wildman–Crippen MR) is 114 cm³/mol. The molecule has 30 heavy (non-hydrogen) atoms. The first-order valence-electron chi connectivity index (χ1n) is 9.88. The second-order valence-electron chi connectivity index (χ2n) is 7.25. The molecule has 1 aliphatic rings. The van der Waals surface area contributed by atoms with E-state index in [1.807, 2.05) is 42.7 Å². The van der Waals surface area contributed by atoms with Gasteiger partial charge in [-0.05, 0) is 51.0 Å². The summed E-state index contributed by atoms with van der Waals surface area (Å²) in [5.74, 6) is 1.12. The number of rotatable bonds is 8. The first kappa shape index (κ1) is 22.1. The maximum atomic E-state index is 12.1. The number of nitrogens with zero attached hydrogens (tertiary/aromatic N) is 3. The van der Waals surface area contributed by atoms with Gasteiger partial charge in [-0.1, -0.05) is 11.8 Å². The smallest absolute Gasteiger partial charge is 0.321 e. The first-order valence-corrected chi connectivity index (χ1v) is 10.9. The van der Waals surface area contributed by atoms with Gasteiger partial charge in [0.25, 0.3) is 0 Å². The highest BCUT2D eigenvalue weighted by molar-refractivity contribution is 7.99. The molecule has 0 bridgehead atoms. The van der Waals surface area contributed by atoms with Crippen LogP contribution in [0, 0.1) is 0 Å². The second kappa shape index (κ2) is 10.4. The highest BCUT2D eigenvalue weighted by Gasteiger charge is 2.22. The third kappa shape index (κ3) is 5.96. The van der Waals surface area contributed by atoms with Gasteiger partial charge >= 0.3 is 6.03 Å². The van der Waals surface area contributed by atoms with Crippen LogP contribution in [0.5, 0.6) is 5.75 Å². The normalized spacial score (nSPS) is 15.9. The van der Waals surface area contributed by atoms with E-state index in [1.54, 1.807) is 7.11 Å². The zero-order chi connectivity index (χ0) is 21.5. The van der Waals surface area contributed by atoms with Gasteiger partial charge in [-0.3, -0.25) is 14.7 Å². The third-order valence-electron chi connectivity index (χ3n) is 4.48. The van der Waals surface area contributed by atoms with Crippen LogP contribution in [0.25, 0.3) is 11.4 Å². The number of ether oxygens (including phenoxy) is 2.